The second-order valence-corrected chi connectivity index (χ2v) is 6.64. The number of terminal acetylenes is 1. The fourth-order valence-corrected chi connectivity index (χ4v) is 3.68. The van der Waals surface area contributed by atoms with E-state index >= 15 is 0 Å². The third-order valence-corrected chi connectivity index (χ3v) is 4.77. The van der Waals surface area contributed by atoms with Crippen LogP contribution in [0.4, 0.5) is 0 Å². The van der Waals surface area contributed by atoms with E-state index in [9.17, 15) is 0 Å². The van der Waals surface area contributed by atoms with E-state index in [0.717, 1.165) is 12.0 Å². The molecule has 0 N–H and O–H groups in total. The van der Waals surface area contributed by atoms with Crippen LogP contribution in [-0.4, -0.2) is 0 Å². The molecule has 132 valence electrons. The minimum absolute atomic E-state index is 0.870. The second-order valence-electron chi connectivity index (χ2n) is 6.64. The van der Waals surface area contributed by atoms with Crippen molar-refractivity contribution in [2.24, 2.45) is 0 Å². The van der Waals surface area contributed by atoms with E-state index in [1.807, 2.05) is 31.2 Å². The van der Waals surface area contributed by atoms with Crippen molar-refractivity contribution in [1.82, 2.24) is 0 Å². The van der Waals surface area contributed by atoms with Gasteiger partial charge in [-0.15, -0.1) is 6.42 Å². The topological polar surface area (TPSA) is 0 Å². The smallest absolute Gasteiger partial charge is 0.000706 e. The highest BCUT2D eigenvalue weighted by Gasteiger charge is 2.25. The second kappa shape index (κ2) is 8.39. The molecule has 0 radical (unpaired) electrons. The van der Waals surface area contributed by atoms with Gasteiger partial charge >= 0.3 is 0 Å². The SMILES string of the molecule is C#C/C=C(\C=C/C)C(=C1/C/C(=C\C=C)c2ccc(C)cc21)/c1ccccc1. The van der Waals surface area contributed by atoms with Gasteiger partial charge in [-0.3, -0.25) is 0 Å². The van der Waals surface area contributed by atoms with Crippen LogP contribution in [-0.2, 0) is 0 Å². The fourth-order valence-electron chi connectivity index (χ4n) is 3.68. The van der Waals surface area contributed by atoms with Crippen molar-refractivity contribution < 1.29 is 0 Å². The Labute approximate surface area is 163 Å². The minimum atomic E-state index is 0.870. The maximum atomic E-state index is 5.66. The van der Waals surface area contributed by atoms with Crippen LogP contribution in [0, 0.1) is 19.3 Å². The molecule has 1 aliphatic rings. The molecule has 0 heterocycles. The monoisotopic (exact) mass is 348 g/mol. The summed E-state index contributed by atoms with van der Waals surface area (Å²) >= 11 is 0. The maximum absolute atomic E-state index is 5.66. The van der Waals surface area contributed by atoms with E-state index < -0.39 is 0 Å². The Bertz CT molecular complexity index is 1020. The third-order valence-electron chi connectivity index (χ3n) is 4.77. The van der Waals surface area contributed by atoms with Crippen molar-refractivity contribution in [3.8, 4) is 12.3 Å². The number of allylic oxidation sites excluding steroid dienone is 9. The first-order chi connectivity index (χ1) is 13.2. The molecule has 0 spiro atoms. The molecule has 0 saturated heterocycles. The average molecular weight is 348 g/mol. The zero-order valence-corrected chi connectivity index (χ0v) is 16.0. The van der Waals surface area contributed by atoms with Crippen LogP contribution in [0.5, 0.6) is 0 Å². The maximum Gasteiger partial charge on any atom is -0.000706 e. The van der Waals surface area contributed by atoms with E-state index in [1.165, 1.54) is 39.0 Å². The average Bonchev–Trinajstić information content (AvgIpc) is 3.01. The van der Waals surface area contributed by atoms with Crippen molar-refractivity contribution in [1.29, 1.82) is 0 Å². The van der Waals surface area contributed by atoms with Gasteiger partial charge in [-0.2, -0.15) is 0 Å². The van der Waals surface area contributed by atoms with Crippen molar-refractivity contribution in [2.75, 3.05) is 0 Å². The van der Waals surface area contributed by atoms with Crippen molar-refractivity contribution >= 4 is 16.7 Å². The number of hydrogen-bond donors (Lipinski definition) is 0. The summed E-state index contributed by atoms with van der Waals surface area (Å²) in [5.74, 6) is 2.72. The molecule has 0 fully saturated rings. The number of hydrogen-bond acceptors (Lipinski definition) is 0. The van der Waals surface area contributed by atoms with Gasteiger partial charge in [0, 0.05) is 0 Å². The molecule has 3 rings (SSSR count). The Balaban J connectivity index is 2.38. The molecule has 0 atom stereocenters. The normalized spacial score (nSPS) is 17.1. The first-order valence-corrected chi connectivity index (χ1v) is 9.20. The van der Waals surface area contributed by atoms with Crippen LogP contribution in [0.15, 0.2) is 91.1 Å². The molecular weight excluding hydrogens is 324 g/mol. The lowest BCUT2D eigenvalue weighted by Crippen LogP contribution is -1.93. The molecule has 0 aromatic heterocycles. The lowest BCUT2D eigenvalue weighted by molar-refractivity contribution is 1.44. The minimum Gasteiger partial charge on any atom is -0.115 e. The van der Waals surface area contributed by atoms with E-state index in [0.29, 0.717) is 0 Å². The molecular formula is C27H24. The largest absolute Gasteiger partial charge is 0.115 e. The molecule has 0 unspecified atom stereocenters. The van der Waals surface area contributed by atoms with Crippen LogP contribution in [0.1, 0.15) is 35.6 Å². The lowest BCUT2D eigenvalue weighted by atomic mass is 9.89. The summed E-state index contributed by atoms with van der Waals surface area (Å²) in [7, 11) is 0. The molecule has 0 bridgehead atoms. The standard InChI is InChI=1S/C27H24/c1-5-11-21(12-6-2)27(22-14-9-8-10-15-22)26-19-23(13-7-3)24-17-16-20(4)18-25(24)26/h1,6-18H,3,19H2,2,4H3/b12-6-,21-11+,23-13+,27-26+. The fraction of sp³-hybridized carbons (Fsp3) is 0.111. The summed E-state index contributed by atoms with van der Waals surface area (Å²) in [4.78, 5) is 0. The summed E-state index contributed by atoms with van der Waals surface area (Å²) in [5.41, 5.74) is 9.88. The highest BCUT2D eigenvalue weighted by atomic mass is 14.3. The molecule has 0 saturated carbocycles. The van der Waals surface area contributed by atoms with Crippen molar-refractivity contribution in [3.05, 3.63) is 113 Å². The van der Waals surface area contributed by atoms with Crippen molar-refractivity contribution in [3.63, 3.8) is 0 Å². The Kier molecular flexibility index (Phi) is 5.74. The van der Waals surface area contributed by atoms with Gasteiger partial charge in [-0.05, 0) is 65.3 Å². The molecule has 1 aliphatic carbocycles. The van der Waals surface area contributed by atoms with Gasteiger partial charge < -0.3 is 0 Å². The summed E-state index contributed by atoms with van der Waals surface area (Å²) in [6, 6.07) is 17.2. The van der Waals surface area contributed by atoms with Gasteiger partial charge in [0.1, 0.15) is 0 Å². The Morgan fingerprint density at radius 2 is 1.89 bits per heavy atom. The Hall–Kier alpha value is -3.30. The van der Waals surface area contributed by atoms with E-state index in [4.69, 9.17) is 6.42 Å². The molecule has 2 aromatic carbocycles. The van der Waals surface area contributed by atoms with Gasteiger partial charge in [-0.25, -0.2) is 0 Å². The van der Waals surface area contributed by atoms with Gasteiger partial charge in [0.05, 0.1) is 0 Å². The lowest BCUT2D eigenvalue weighted by Gasteiger charge is -2.14. The van der Waals surface area contributed by atoms with E-state index in [-0.39, 0.29) is 0 Å². The first-order valence-electron chi connectivity index (χ1n) is 9.20. The van der Waals surface area contributed by atoms with Gasteiger partial charge in [0.2, 0.25) is 0 Å². The molecule has 0 aliphatic heterocycles. The number of fused-ring (bicyclic) bond motifs is 1. The van der Waals surface area contributed by atoms with Crippen LogP contribution >= 0.6 is 0 Å². The van der Waals surface area contributed by atoms with Gasteiger partial charge in [0.15, 0.2) is 0 Å². The van der Waals surface area contributed by atoms with Crippen LogP contribution in [0.3, 0.4) is 0 Å². The zero-order chi connectivity index (χ0) is 19.2. The molecule has 2 aromatic rings. The quantitative estimate of drug-likeness (QED) is 0.411. The highest BCUT2D eigenvalue weighted by molar-refractivity contribution is 6.08. The Morgan fingerprint density at radius 1 is 1.11 bits per heavy atom. The summed E-state index contributed by atoms with van der Waals surface area (Å²) in [6.45, 7) is 8.05. The number of aryl methyl sites for hydroxylation is 1. The van der Waals surface area contributed by atoms with Gasteiger partial charge in [-0.1, -0.05) is 90.9 Å². The number of benzene rings is 2. The summed E-state index contributed by atoms with van der Waals surface area (Å²) < 4.78 is 0. The summed E-state index contributed by atoms with van der Waals surface area (Å²) in [6.07, 6.45) is 16.5. The zero-order valence-electron chi connectivity index (χ0n) is 16.0. The third kappa shape index (κ3) is 3.78. The molecule has 27 heavy (non-hydrogen) atoms. The van der Waals surface area contributed by atoms with E-state index in [2.05, 4.69) is 74.0 Å². The summed E-state index contributed by atoms with van der Waals surface area (Å²) in [5, 5.41) is 0. The van der Waals surface area contributed by atoms with Crippen LogP contribution in [0.25, 0.3) is 16.7 Å². The molecule has 0 amide bonds. The van der Waals surface area contributed by atoms with Crippen molar-refractivity contribution in [2.45, 2.75) is 20.3 Å². The highest BCUT2D eigenvalue weighted by Crippen LogP contribution is 2.46. The van der Waals surface area contributed by atoms with E-state index in [1.54, 1.807) is 0 Å². The Morgan fingerprint density at radius 3 is 2.56 bits per heavy atom. The van der Waals surface area contributed by atoms with Crippen LogP contribution < -0.4 is 0 Å². The predicted octanol–water partition coefficient (Wildman–Crippen LogP) is 7.01. The molecule has 0 heteroatoms. The van der Waals surface area contributed by atoms with Crippen LogP contribution in [0.2, 0.25) is 0 Å². The first kappa shape index (κ1) is 18.5. The predicted molar refractivity (Wildman–Crippen MR) is 119 cm³/mol. The molecule has 0 nitrogen and oxygen atoms in total. The number of rotatable bonds is 4. The van der Waals surface area contributed by atoms with Gasteiger partial charge in [0.25, 0.3) is 0 Å².